The summed E-state index contributed by atoms with van der Waals surface area (Å²) in [5.74, 6) is 1.16. The number of anilines is 1. The van der Waals surface area contributed by atoms with Crippen LogP contribution in [0.3, 0.4) is 0 Å². The van der Waals surface area contributed by atoms with Crippen molar-refractivity contribution in [3.63, 3.8) is 0 Å². The van der Waals surface area contributed by atoms with E-state index in [2.05, 4.69) is 15.1 Å². The van der Waals surface area contributed by atoms with Gasteiger partial charge < -0.3 is 5.11 Å². The van der Waals surface area contributed by atoms with Crippen molar-refractivity contribution in [2.24, 2.45) is 0 Å². The quantitative estimate of drug-likeness (QED) is 0.283. The number of halogens is 1. The summed E-state index contributed by atoms with van der Waals surface area (Å²) in [5, 5.41) is 15.1. The summed E-state index contributed by atoms with van der Waals surface area (Å²) in [7, 11) is 0. The number of carboxylic acid groups (broad SMARTS) is 1. The minimum atomic E-state index is -1.03. The van der Waals surface area contributed by atoms with Crippen LogP contribution < -0.4 is 4.90 Å². The molecule has 7 nitrogen and oxygen atoms in total. The fraction of sp³-hybridized carbons (Fsp3) is 0.400. The number of nitrogens with zero attached hydrogens (tertiary/aromatic N) is 5. The Hall–Kier alpha value is -2.32. The Morgan fingerprint density at radius 2 is 2.03 bits per heavy atom. The van der Waals surface area contributed by atoms with Gasteiger partial charge in [-0.25, -0.2) is 19.4 Å². The number of hydrogen-bond acceptors (Lipinski definition) is 5. The Kier molecular flexibility index (Phi) is 7.33. The predicted molar refractivity (Wildman–Crippen MR) is 117 cm³/mol. The van der Waals surface area contributed by atoms with Gasteiger partial charge in [0.25, 0.3) is 0 Å². The van der Waals surface area contributed by atoms with E-state index in [0.717, 1.165) is 24.2 Å². The molecule has 1 atom stereocenters. The fourth-order valence-electron chi connectivity index (χ4n) is 2.98. The minimum Gasteiger partial charge on any atom is -0.465 e. The molecule has 9 heteroatoms. The lowest BCUT2D eigenvalue weighted by Gasteiger charge is -2.19. The largest absolute Gasteiger partial charge is 0.465 e. The van der Waals surface area contributed by atoms with E-state index >= 15 is 0 Å². The molecule has 0 radical (unpaired) electrons. The van der Waals surface area contributed by atoms with Crippen LogP contribution in [-0.2, 0) is 6.54 Å². The summed E-state index contributed by atoms with van der Waals surface area (Å²) in [5.41, 5.74) is 1.58. The van der Waals surface area contributed by atoms with Crippen molar-refractivity contribution in [3.05, 3.63) is 42.1 Å². The van der Waals surface area contributed by atoms with Gasteiger partial charge in [0.15, 0.2) is 16.6 Å². The second-order valence-corrected chi connectivity index (χ2v) is 8.25. The maximum absolute atomic E-state index is 11.9. The first-order valence-electron chi connectivity index (χ1n) is 9.61. The van der Waals surface area contributed by atoms with E-state index in [1.165, 1.54) is 16.7 Å². The van der Waals surface area contributed by atoms with Crippen molar-refractivity contribution in [2.75, 3.05) is 17.2 Å². The molecule has 29 heavy (non-hydrogen) atoms. The highest BCUT2D eigenvalue weighted by Gasteiger charge is 2.23. The van der Waals surface area contributed by atoms with E-state index in [0.29, 0.717) is 35.1 Å². The molecule has 0 aliphatic carbocycles. The maximum Gasteiger partial charge on any atom is 0.413 e. The van der Waals surface area contributed by atoms with Gasteiger partial charge in [0.2, 0.25) is 0 Å². The molecule has 0 aliphatic rings. The van der Waals surface area contributed by atoms with Crippen LogP contribution in [0.4, 0.5) is 10.6 Å². The van der Waals surface area contributed by atoms with Crippen LogP contribution in [0.5, 0.6) is 0 Å². The van der Waals surface area contributed by atoms with E-state index in [1.807, 2.05) is 44.2 Å². The number of amides is 1. The predicted octanol–water partition coefficient (Wildman–Crippen LogP) is 5.20. The van der Waals surface area contributed by atoms with E-state index in [4.69, 9.17) is 11.6 Å². The lowest BCUT2D eigenvalue weighted by atomic mass is 10.1. The van der Waals surface area contributed by atoms with Gasteiger partial charge in [0.05, 0.1) is 23.5 Å². The van der Waals surface area contributed by atoms with Gasteiger partial charge in [-0.3, -0.25) is 4.90 Å². The Morgan fingerprint density at radius 1 is 1.28 bits per heavy atom. The fourth-order valence-corrected chi connectivity index (χ4v) is 3.82. The summed E-state index contributed by atoms with van der Waals surface area (Å²) < 4.78 is 1.73. The van der Waals surface area contributed by atoms with Crippen LogP contribution in [-0.4, -0.2) is 43.2 Å². The molecule has 2 aromatic heterocycles. The molecule has 2 heterocycles. The van der Waals surface area contributed by atoms with Gasteiger partial charge in [0, 0.05) is 6.54 Å². The summed E-state index contributed by atoms with van der Waals surface area (Å²) in [6.45, 7) is 4.83. The third-order valence-corrected chi connectivity index (χ3v) is 5.56. The molecular weight excluding hydrogens is 410 g/mol. The number of unbranched alkanes of at least 4 members (excludes halogenated alkanes) is 1. The molecule has 0 bridgehead atoms. The van der Waals surface area contributed by atoms with Crippen LogP contribution in [0.2, 0.25) is 0 Å². The number of rotatable bonds is 9. The number of fused-ring (bicyclic) bond motifs is 1. The van der Waals surface area contributed by atoms with Gasteiger partial charge >= 0.3 is 6.09 Å². The standard InChI is InChI=1S/C20H24ClN5O2S/c1-3-5-11-25(20(27)28)17-15-12-22-26(18(15)24-19(23-17)29-4-2)13-16(21)14-9-7-6-8-10-14/h6-10,12,16H,3-5,11,13H2,1-2H3,(H,27,28). The van der Waals surface area contributed by atoms with Crippen molar-refractivity contribution in [3.8, 4) is 0 Å². The number of aromatic nitrogens is 4. The first-order chi connectivity index (χ1) is 14.0. The Balaban J connectivity index is 2.03. The number of thioether (sulfide) groups is 1. The molecular formula is C20H24ClN5O2S. The topological polar surface area (TPSA) is 84.1 Å². The number of hydrogen-bond donors (Lipinski definition) is 1. The molecule has 3 aromatic rings. The second kappa shape index (κ2) is 9.93. The van der Waals surface area contributed by atoms with E-state index < -0.39 is 6.09 Å². The number of carbonyl (C=O) groups is 1. The van der Waals surface area contributed by atoms with Crippen molar-refractivity contribution in [1.82, 2.24) is 19.7 Å². The van der Waals surface area contributed by atoms with Gasteiger partial charge in [-0.2, -0.15) is 5.10 Å². The van der Waals surface area contributed by atoms with Gasteiger partial charge in [-0.05, 0) is 17.7 Å². The van der Waals surface area contributed by atoms with E-state index in [-0.39, 0.29) is 5.38 Å². The highest BCUT2D eigenvalue weighted by molar-refractivity contribution is 7.99. The van der Waals surface area contributed by atoms with Crippen molar-refractivity contribution in [2.45, 2.75) is 43.8 Å². The summed E-state index contributed by atoms with van der Waals surface area (Å²) in [4.78, 5) is 22.3. The molecule has 3 rings (SSSR count). The Labute approximate surface area is 179 Å². The molecule has 0 spiro atoms. The van der Waals surface area contributed by atoms with Gasteiger partial charge in [0.1, 0.15) is 0 Å². The van der Waals surface area contributed by atoms with E-state index in [1.54, 1.807) is 10.9 Å². The van der Waals surface area contributed by atoms with E-state index in [9.17, 15) is 9.90 Å². The molecule has 1 aromatic carbocycles. The zero-order valence-corrected chi connectivity index (χ0v) is 18.0. The molecule has 154 valence electrons. The van der Waals surface area contributed by atoms with Gasteiger partial charge in [-0.15, -0.1) is 11.6 Å². The van der Waals surface area contributed by atoms with Crippen molar-refractivity contribution < 1.29 is 9.90 Å². The molecule has 0 aliphatic heterocycles. The highest BCUT2D eigenvalue weighted by atomic mass is 35.5. The molecule has 1 unspecified atom stereocenters. The summed E-state index contributed by atoms with van der Waals surface area (Å²) >= 11 is 8.08. The summed E-state index contributed by atoms with van der Waals surface area (Å²) in [6.07, 6.45) is 2.23. The SMILES string of the molecule is CCCCN(C(=O)O)c1nc(SCC)nc2c1cnn2CC(Cl)c1ccccc1. The lowest BCUT2D eigenvalue weighted by Crippen LogP contribution is -2.31. The van der Waals surface area contributed by atoms with Crippen LogP contribution >= 0.6 is 23.4 Å². The number of alkyl halides is 1. The van der Waals surface area contributed by atoms with Crippen molar-refractivity contribution >= 4 is 46.3 Å². The normalized spacial score (nSPS) is 12.2. The van der Waals surface area contributed by atoms with Crippen LogP contribution in [0.15, 0.2) is 41.7 Å². The molecule has 0 saturated heterocycles. The third-order valence-electron chi connectivity index (χ3n) is 4.45. The Bertz CT molecular complexity index is 966. The third kappa shape index (κ3) is 5.00. The van der Waals surface area contributed by atoms with Crippen LogP contribution in [0.1, 0.15) is 37.6 Å². The molecule has 0 saturated carbocycles. The van der Waals surface area contributed by atoms with Gasteiger partial charge in [-0.1, -0.05) is 62.4 Å². The zero-order chi connectivity index (χ0) is 20.8. The zero-order valence-electron chi connectivity index (χ0n) is 16.5. The molecule has 0 fully saturated rings. The first kappa shape index (κ1) is 21.4. The van der Waals surface area contributed by atoms with Crippen LogP contribution in [0, 0.1) is 0 Å². The van der Waals surface area contributed by atoms with Crippen molar-refractivity contribution in [1.29, 1.82) is 0 Å². The average molecular weight is 434 g/mol. The first-order valence-corrected chi connectivity index (χ1v) is 11.0. The smallest absolute Gasteiger partial charge is 0.413 e. The average Bonchev–Trinajstić information content (AvgIpc) is 3.11. The number of benzene rings is 1. The maximum atomic E-state index is 11.9. The highest BCUT2D eigenvalue weighted by Crippen LogP contribution is 2.30. The second-order valence-electron chi connectivity index (χ2n) is 6.49. The molecule has 1 amide bonds. The Morgan fingerprint density at radius 3 is 2.69 bits per heavy atom. The van der Waals surface area contributed by atoms with Crippen LogP contribution in [0.25, 0.3) is 11.0 Å². The monoisotopic (exact) mass is 433 g/mol. The molecule has 1 N–H and O–H groups in total. The lowest BCUT2D eigenvalue weighted by molar-refractivity contribution is 0.201. The minimum absolute atomic E-state index is 0.282. The summed E-state index contributed by atoms with van der Waals surface area (Å²) in [6, 6.07) is 9.78.